The van der Waals surface area contributed by atoms with Crippen molar-refractivity contribution in [2.45, 2.75) is 46.0 Å². The van der Waals surface area contributed by atoms with Crippen molar-refractivity contribution in [3.05, 3.63) is 0 Å². The van der Waals surface area contributed by atoms with Gasteiger partial charge in [-0.2, -0.15) is 0 Å². The second kappa shape index (κ2) is 9.02. The fourth-order valence-electron chi connectivity index (χ4n) is 1.60. The minimum atomic E-state index is 0.190. The van der Waals surface area contributed by atoms with E-state index in [0.29, 0.717) is 12.8 Å². The molecule has 2 amide bonds. The Morgan fingerprint density at radius 3 is 1.47 bits per heavy atom. The zero-order valence-electron chi connectivity index (χ0n) is 11.7. The Hall–Kier alpha value is -1.06. The standard InChI is InChI=1S/C13H26N2O2/c1-5-8-12(16)14(3)10-7-11-15(4)13(17)9-6-2/h5-11H2,1-4H3. The third-order valence-corrected chi connectivity index (χ3v) is 2.77. The van der Waals surface area contributed by atoms with Crippen molar-refractivity contribution in [1.82, 2.24) is 9.80 Å². The lowest BCUT2D eigenvalue weighted by molar-refractivity contribution is -0.130. The maximum atomic E-state index is 11.5. The molecule has 0 aromatic heterocycles. The van der Waals surface area contributed by atoms with Crippen LogP contribution in [-0.2, 0) is 9.59 Å². The van der Waals surface area contributed by atoms with Gasteiger partial charge in [-0.15, -0.1) is 0 Å². The number of hydrogen-bond donors (Lipinski definition) is 0. The van der Waals surface area contributed by atoms with Crippen LogP contribution in [-0.4, -0.2) is 48.8 Å². The molecule has 0 unspecified atom stereocenters. The summed E-state index contributed by atoms with van der Waals surface area (Å²) in [4.78, 5) is 26.5. The number of amides is 2. The Balaban J connectivity index is 3.75. The van der Waals surface area contributed by atoms with Crippen LogP contribution in [0.5, 0.6) is 0 Å². The van der Waals surface area contributed by atoms with Gasteiger partial charge < -0.3 is 9.80 Å². The summed E-state index contributed by atoms with van der Waals surface area (Å²) in [5, 5.41) is 0. The highest BCUT2D eigenvalue weighted by Gasteiger charge is 2.09. The first kappa shape index (κ1) is 15.9. The molecular weight excluding hydrogens is 216 g/mol. The van der Waals surface area contributed by atoms with Gasteiger partial charge in [0.2, 0.25) is 11.8 Å². The van der Waals surface area contributed by atoms with Gasteiger partial charge in [0, 0.05) is 40.0 Å². The van der Waals surface area contributed by atoms with Crippen molar-refractivity contribution in [3.63, 3.8) is 0 Å². The highest BCUT2D eigenvalue weighted by Crippen LogP contribution is 1.99. The zero-order chi connectivity index (χ0) is 13.3. The van der Waals surface area contributed by atoms with Gasteiger partial charge in [0.25, 0.3) is 0 Å². The molecule has 0 rings (SSSR count). The molecule has 0 aliphatic heterocycles. The van der Waals surface area contributed by atoms with Crippen molar-refractivity contribution < 1.29 is 9.59 Å². The van der Waals surface area contributed by atoms with Gasteiger partial charge in [-0.25, -0.2) is 0 Å². The Bertz CT molecular complexity index is 218. The largest absolute Gasteiger partial charge is 0.346 e. The Morgan fingerprint density at radius 2 is 1.18 bits per heavy atom. The fraction of sp³-hybridized carbons (Fsp3) is 0.846. The van der Waals surface area contributed by atoms with Crippen molar-refractivity contribution in [2.24, 2.45) is 0 Å². The zero-order valence-corrected chi connectivity index (χ0v) is 11.7. The van der Waals surface area contributed by atoms with Crippen LogP contribution < -0.4 is 0 Å². The molecule has 0 heterocycles. The first-order valence-electron chi connectivity index (χ1n) is 6.50. The van der Waals surface area contributed by atoms with E-state index in [-0.39, 0.29) is 11.8 Å². The number of nitrogens with zero attached hydrogens (tertiary/aromatic N) is 2. The lowest BCUT2D eigenvalue weighted by Crippen LogP contribution is -2.32. The summed E-state index contributed by atoms with van der Waals surface area (Å²) in [6.07, 6.45) is 3.84. The molecule has 0 N–H and O–H groups in total. The van der Waals surface area contributed by atoms with E-state index in [1.165, 1.54) is 0 Å². The smallest absolute Gasteiger partial charge is 0.222 e. The summed E-state index contributed by atoms with van der Waals surface area (Å²) in [7, 11) is 3.65. The van der Waals surface area contributed by atoms with Crippen molar-refractivity contribution in [1.29, 1.82) is 0 Å². The highest BCUT2D eigenvalue weighted by atomic mass is 16.2. The van der Waals surface area contributed by atoms with Crippen LogP contribution in [0.3, 0.4) is 0 Å². The molecule has 0 aromatic rings. The maximum Gasteiger partial charge on any atom is 0.222 e. The molecule has 100 valence electrons. The predicted molar refractivity (Wildman–Crippen MR) is 69.7 cm³/mol. The topological polar surface area (TPSA) is 40.6 Å². The van der Waals surface area contributed by atoms with Crippen molar-refractivity contribution in [2.75, 3.05) is 27.2 Å². The summed E-state index contributed by atoms with van der Waals surface area (Å²) in [6, 6.07) is 0. The van der Waals surface area contributed by atoms with Crippen LogP contribution in [0.4, 0.5) is 0 Å². The minimum absolute atomic E-state index is 0.190. The van der Waals surface area contributed by atoms with Crippen molar-refractivity contribution in [3.8, 4) is 0 Å². The van der Waals surface area contributed by atoms with Gasteiger partial charge in [-0.1, -0.05) is 13.8 Å². The van der Waals surface area contributed by atoms with Gasteiger partial charge in [-0.05, 0) is 19.3 Å². The molecule has 0 spiro atoms. The lowest BCUT2D eigenvalue weighted by atomic mass is 10.2. The van der Waals surface area contributed by atoms with Crippen LogP contribution in [0.2, 0.25) is 0 Å². The van der Waals surface area contributed by atoms with Crippen LogP contribution in [0.15, 0.2) is 0 Å². The van der Waals surface area contributed by atoms with E-state index in [1.54, 1.807) is 9.80 Å². The maximum absolute atomic E-state index is 11.5. The quantitative estimate of drug-likeness (QED) is 0.652. The van der Waals surface area contributed by atoms with Gasteiger partial charge in [0.15, 0.2) is 0 Å². The minimum Gasteiger partial charge on any atom is -0.346 e. The Kier molecular flexibility index (Phi) is 8.46. The average Bonchev–Trinajstić information content (AvgIpc) is 2.29. The molecule has 0 saturated heterocycles. The van der Waals surface area contributed by atoms with E-state index < -0.39 is 0 Å². The molecule has 0 radical (unpaired) electrons. The molecule has 4 nitrogen and oxygen atoms in total. The second-order valence-electron chi connectivity index (χ2n) is 4.48. The van der Waals surface area contributed by atoms with E-state index in [1.807, 2.05) is 27.9 Å². The molecule has 0 saturated carbocycles. The highest BCUT2D eigenvalue weighted by molar-refractivity contribution is 5.76. The van der Waals surface area contributed by atoms with Gasteiger partial charge in [0.05, 0.1) is 0 Å². The van der Waals surface area contributed by atoms with Crippen molar-refractivity contribution >= 4 is 11.8 Å². The van der Waals surface area contributed by atoms with Crippen LogP contribution in [0, 0.1) is 0 Å². The number of hydrogen-bond acceptors (Lipinski definition) is 2. The summed E-state index contributed by atoms with van der Waals surface area (Å²) in [6.45, 7) is 5.46. The Morgan fingerprint density at radius 1 is 0.824 bits per heavy atom. The van der Waals surface area contributed by atoms with Gasteiger partial charge in [0.1, 0.15) is 0 Å². The van der Waals surface area contributed by atoms with E-state index >= 15 is 0 Å². The summed E-state index contributed by atoms with van der Waals surface area (Å²) in [5.74, 6) is 0.380. The number of carbonyl (C=O) groups is 2. The normalized spacial score (nSPS) is 10.1. The summed E-state index contributed by atoms with van der Waals surface area (Å²) in [5.41, 5.74) is 0. The van der Waals surface area contributed by atoms with Crippen LogP contribution in [0.25, 0.3) is 0 Å². The molecule has 0 aliphatic carbocycles. The molecule has 0 atom stereocenters. The third-order valence-electron chi connectivity index (χ3n) is 2.77. The number of rotatable bonds is 8. The summed E-state index contributed by atoms with van der Waals surface area (Å²) >= 11 is 0. The van der Waals surface area contributed by atoms with E-state index in [9.17, 15) is 9.59 Å². The van der Waals surface area contributed by atoms with E-state index in [4.69, 9.17) is 0 Å². The molecule has 0 bridgehead atoms. The number of carbonyl (C=O) groups excluding carboxylic acids is 2. The molecule has 0 aromatic carbocycles. The monoisotopic (exact) mass is 242 g/mol. The molecular formula is C13H26N2O2. The van der Waals surface area contributed by atoms with Gasteiger partial charge in [-0.3, -0.25) is 9.59 Å². The third kappa shape index (κ3) is 6.97. The average molecular weight is 242 g/mol. The molecule has 0 aliphatic rings. The predicted octanol–water partition coefficient (Wildman–Crippen LogP) is 1.89. The lowest BCUT2D eigenvalue weighted by Gasteiger charge is -2.20. The first-order valence-corrected chi connectivity index (χ1v) is 6.50. The Labute approximate surface area is 105 Å². The van der Waals surface area contributed by atoms with E-state index in [0.717, 1.165) is 32.4 Å². The van der Waals surface area contributed by atoms with E-state index in [2.05, 4.69) is 0 Å². The molecule has 0 fully saturated rings. The molecule has 17 heavy (non-hydrogen) atoms. The first-order chi connectivity index (χ1) is 8.02. The summed E-state index contributed by atoms with van der Waals surface area (Å²) < 4.78 is 0. The fourth-order valence-corrected chi connectivity index (χ4v) is 1.60. The van der Waals surface area contributed by atoms with Gasteiger partial charge >= 0.3 is 0 Å². The molecule has 4 heteroatoms. The van der Waals surface area contributed by atoms with Crippen LogP contribution >= 0.6 is 0 Å². The van der Waals surface area contributed by atoms with Crippen LogP contribution in [0.1, 0.15) is 46.0 Å². The second-order valence-corrected chi connectivity index (χ2v) is 4.48. The SMILES string of the molecule is CCCC(=O)N(C)CCCN(C)C(=O)CCC.